The van der Waals surface area contributed by atoms with E-state index in [1.54, 1.807) is 0 Å². The summed E-state index contributed by atoms with van der Waals surface area (Å²) >= 11 is 0. The molecule has 0 N–H and O–H groups in total. The molecule has 0 saturated heterocycles. The Bertz CT molecular complexity index is 262. The molecule has 0 unspecified atom stereocenters. The second-order valence-corrected chi connectivity index (χ2v) is 9.08. The number of allylic oxidation sites excluding steroid dienone is 2. The van der Waals surface area contributed by atoms with Gasteiger partial charge in [0.25, 0.3) is 0 Å². The van der Waals surface area contributed by atoms with Crippen molar-refractivity contribution < 1.29 is 0 Å². The highest BCUT2D eigenvalue weighted by molar-refractivity contribution is 4.73. The van der Waals surface area contributed by atoms with Gasteiger partial charge in [-0.15, -0.1) is 0 Å². The summed E-state index contributed by atoms with van der Waals surface area (Å²) < 4.78 is 0. The summed E-state index contributed by atoms with van der Waals surface area (Å²) in [5.41, 5.74) is 0. The summed E-state index contributed by atoms with van der Waals surface area (Å²) in [6.07, 6.45) is 42.0. The average Bonchev–Trinajstić information content (AvgIpc) is 2.68. The summed E-state index contributed by atoms with van der Waals surface area (Å²) in [6, 6.07) is 0. The van der Waals surface area contributed by atoms with Crippen LogP contribution in [0.1, 0.15) is 161 Å². The van der Waals surface area contributed by atoms with Gasteiger partial charge in [0.15, 0.2) is 0 Å². The highest BCUT2D eigenvalue weighted by Gasteiger charge is 1.96. The molecule has 0 heterocycles. The van der Waals surface area contributed by atoms with E-state index >= 15 is 0 Å². The number of hydrogen-bond donors (Lipinski definition) is 0. The van der Waals surface area contributed by atoms with E-state index in [0.29, 0.717) is 0 Å². The summed E-state index contributed by atoms with van der Waals surface area (Å²) in [4.78, 5) is 0. The Morgan fingerprint density at radius 2 is 0.556 bits per heavy atom. The number of hydrogen-bond acceptors (Lipinski definition) is 0. The van der Waals surface area contributed by atoms with Crippen molar-refractivity contribution in [3.05, 3.63) is 12.2 Å². The van der Waals surface area contributed by atoms with Crippen LogP contribution in [0, 0.1) is 6.08 Å². The monoisotopic (exact) mass is 375 g/mol. The zero-order chi connectivity index (χ0) is 19.1. The largest absolute Gasteiger partial charge is 0.0811 e. The molecule has 0 fully saturated rings. The molecule has 0 saturated carbocycles. The van der Waals surface area contributed by atoms with Crippen molar-refractivity contribution in [3.8, 4) is 0 Å². The molecule has 159 valence electrons. The maximum atomic E-state index is 3.53. The maximum absolute atomic E-state index is 3.53. The predicted molar refractivity (Wildman–Crippen MR) is 123 cm³/mol. The molecule has 1 aliphatic rings. The van der Waals surface area contributed by atoms with Crippen molar-refractivity contribution in [2.24, 2.45) is 0 Å². The molecule has 0 aliphatic heterocycles. The molecule has 0 aromatic heterocycles. The van der Waals surface area contributed by atoms with Gasteiger partial charge in [-0.2, -0.15) is 0 Å². The molecule has 0 spiro atoms. The third-order valence-corrected chi connectivity index (χ3v) is 6.31. The van der Waals surface area contributed by atoms with Gasteiger partial charge in [-0.25, -0.2) is 0 Å². The molecule has 0 atom stereocenters. The van der Waals surface area contributed by atoms with Gasteiger partial charge in [0.1, 0.15) is 0 Å². The highest BCUT2D eigenvalue weighted by atomic mass is 14.0. The normalized spacial score (nSPS) is 24.6. The van der Waals surface area contributed by atoms with Crippen LogP contribution in [0.5, 0.6) is 0 Å². The zero-order valence-electron chi connectivity index (χ0n) is 18.8. The molecular weight excluding hydrogens is 324 g/mol. The third-order valence-electron chi connectivity index (χ3n) is 6.31. The van der Waals surface area contributed by atoms with Crippen LogP contribution < -0.4 is 0 Å². The van der Waals surface area contributed by atoms with Crippen LogP contribution in [-0.4, -0.2) is 0 Å². The lowest BCUT2D eigenvalue weighted by molar-refractivity contribution is 0.518. The van der Waals surface area contributed by atoms with Crippen molar-refractivity contribution in [2.75, 3.05) is 0 Å². The molecule has 0 nitrogen and oxygen atoms in total. The van der Waals surface area contributed by atoms with Crippen molar-refractivity contribution >= 4 is 0 Å². The van der Waals surface area contributed by atoms with Gasteiger partial charge in [-0.3, -0.25) is 0 Å². The van der Waals surface area contributed by atoms with Crippen molar-refractivity contribution in [1.82, 2.24) is 0 Å². The SMILES string of the molecule is [C]1=C\CCCCCCCCCCCCCCCCCCCCCCCCC/1. The van der Waals surface area contributed by atoms with Crippen molar-refractivity contribution in [1.29, 1.82) is 0 Å². The van der Waals surface area contributed by atoms with Crippen LogP contribution >= 0.6 is 0 Å². The van der Waals surface area contributed by atoms with Crippen LogP contribution in [0.2, 0.25) is 0 Å². The minimum Gasteiger partial charge on any atom is -0.0811 e. The van der Waals surface area contributed by atoms with E-state index in [-0.39, 0.29) is 0 Å². The van der Waals surface area contributed by atoms with Gasteiger partial charge in [0.2, 0.25) is 0 Å². The molecule has 1 aliphatic carbocycles. The van der Waals surface area contributed by atoms with Gasteiger partial charge in [-0.05, 0) is 31.8 Å². The summed E-state index contributed by atoms with van der Waals surface area (Å²) in [5.74, 6) is 0. The maximum Gasteiger partial charge on any atom is -0.0279 e. The van der Waals surface area contributed by atoms with Crippen LogP contribution in [0.4, 0.5) is 0 Å². The molecule has 0 aromatic carbocycles. The first-order valence-corrected chi connectivity index (χ1v) is 13.1. The molecule has 0 heteroatoms. The van der Waals surface area contributed by atoms with E-state index in [0.717, 1.165) is 0 Å². The summed E-state index contributed by atoms with van der Waals surface area (Å²) in [5, 5.41) is 0. The fourth-order valence-electron chi connectivity index (χ4n) is 4.39. The van der Waals surface area contributed by atoms with Gasteiger partial charge in [0.05, 0.1) is 0 Å². The lowest BCUT2D eigenvalue weighted by Gasteiger charge is -2.04. The Kier molecular flexibility index (Phi) is 20.2. The second kappa shape index (κ2) is 22.0. The van der Waals surface area contributed by atoms with E-state index in [1.165, 1.54) is 161 Å². The number of rotatable bonds is 0. The Hall–Kier alpha value is -0.260. The van der Waals surface area contributed by atoms with E-state index in [9.17, 15) is 0 Å². The molecule has 27 heavy (non-hydrogen) atoms. The highest BCUT2D eigenvalue weighted by Crippen LogP contribution is 2.16. The Labute approximate surface area is 173 Å². The van der Waals surface area contributed by atoms with Crippen molar-refractivity contribution in [3.63, 3.8) is 0 Å². The first-order chi connectivity index (χ1) is 13.5. The Morgan fingerprint density at radius 3 is 0.889 bits per heavy atom. The topological polar surface area (TPSA) is 0 Å². The van der Waals surface area contributed by atoms with Crippen LogP contribution in [0.15, 0.2) is 6.08 Å². The van der Waals surface area contributed by atoms with Gasteiger partial charge in [-0.1, -0.05) is 141 Å². The lowest BCUT2D eigenvalue weighted by atomic mass is 10.0. The lowest BCUT2D eigenvalue weighted by Crippen LogP contribution is -1.84. The van der Waals surface area contributed by atoms with Gasteiger partial charge < -0.3 is 0 Å². The first-order valence-electron chi connectivity index (χ1n) is 13.1. The Morgan fingerprint density at radius 1 is 0.296 bits per heavy atom. The minimum atomic E-state index is 1.19. The van der Waals surface area contributed by atoms with Crippen LogP contribution in [0.25, 0.3) is 0 Å². The van der Waals surface area contributed by atoms with Crippen LogP contribution in [0.3, 0.4) is 0 Å². The van der Waals surface area contributed by atoms with E-state index in [2.05, 4.69) is 12.2 Å². The smallest absolute Gasteiger partial charge is 0.0279 e. The minimum absolute atomic E-state index is 1.19. The molecule has 1 rings (SSSR count). The predicted octanol–water partition coefficient (Wildman–Crippen LogP) is 10.1. The Balaban J connectivity index is 2.04. The quantitative estimate of drug-likeness (QED) is 0.395. The summed E-state index contributed by atoms with van der Waals surface area (Å²) in [6.45, 7) is 0. The first kappa shape index (κ1) is 24.8. The molecule has 0 bridgehead atoms. The van der Waals surface area contributed by atoms with E-state index < -0.39 is 0 Å². The fraction of sp³-hybridized carbons (Fsp3) is 0.926. The van der Waals surface area contributed by atoms with Crippen LogP contribution in [-0.2, 0) is 0 Å². The molecular formula is C27H51. The fourth-order valence-corrected chi connectivity index (χ4v) is 4.39. The molecule has 1 radical (unpaired) electrons. The van der Waals surface area contributed by atoms with Gasteiger partial charge in [0, 0.05) is 0 Å². The second-order valence-electron chi connectivity index (χ2n) is 9.08. The molecule has 0 aromatic rings. The zero-order valence-corrected chi connectivity index (χ0v) is 18.8. The summed E-state index contributed by atoms with van der Waals surface area (Å²) in [7, 11) is 0. The van der Waals surface area contributed by atoms with Gasteiger partial charge >= 0.3 is 0 Å². The molecule has 0 amide bonds. The third kappa shape index (κ3) is 20.3. The van der Waals surface area contributed by atoms with E-state index in [4.69, 9.17) is 0 Å². The standard InChI is InChI=1S/C27H51/c1-2-4-6-8-10-12-14-16-18-20-22-24-26-27-25-23-21-19-17-15-13-11-9-7-5-3-1/h1H,2,4-27H2. The van der Waals surface area contributed by atoms with E-state index in [1.807, 2.05) is 0 Å². The van der Waals surface area contributed by atoms with Crippen molar-refractivity contribution in [2.45, 2.75) is 161 Å². The average molecular weight is 376 g/mol.